The molecule has 2 bridgehead atoms. The Labute approximate surface area is 129 Å². The summed E-state index contributed by atoms with van der Waals surface area (Å²) in [6.07, 6.45) is 6.61. The number of aromatic nitrogens is 4. The van der Waals surface area contributed by atoms with Crippen LogP contribution in [0.1, 0.15) is 53.4 Å². The second-order valence-electron chi connectivity index (χ2n) is 6.04. The zero-order chi connectivity index (χ0) is 15.3. The Morgan fingerprint density at radius 1 is 1.41 bits per heavy atom. The van der Waals surface area contributed by atoms with E-state index in [1.165, 1.54) is 0 Å². The van der Waals surface area contributed by atoms with Gasteiger partial charge in [-0.3, -0.25) is 9.48 Å². The molecule has 6 heteroatoms. The zero-order valence-electron chi connectivity index (χ0n) is 12.9. The molecule has 4 heterocycles. The van der Waals surface area contributed by atoms with Gasteiger partial charge < -0.3 is 4.90 Å². The van der Waals surface area contributed by atoms with Crippen molar-refractivity contribution in [3.8, 4) is 0 Å². The molecule has 0 N–H and O–H groups in total. The van der Waals surface area contributed by atoms with Crippen molar-refractivity contribution in [1.29, 1.82) is 0 Å². The minimum atomic E-state index is 0.0333. The number of rotatable bonds is 2. The smallest absolute Gasteiger partial charge is 0.275 e. The van der Waals surface area contributed by atoms with Gasteiger partial charge in [0, 0.05) is 37.0 Å². The molecular weight excluding hydrogens is 278 g/mol. The van der Waals surface area contributed by atoms with Gasteiger partial charge in [0.05, 0.1) is 11.7 Å². The second-order valence-corrected chi connectivity index (χ2v) is 6.04. The highest BCUT2D eigenvalue weighted by molar-refractivity contribution is 5.93. The summed E-state index contributed by atoms with van der Waals surface area (Å²) in [7, 11) is 0. The average Bonchev–Trinajstić information content (AvgIpc) is 3.11. The molecule has 0 spiro atoms. The molecule has 2 aromatic rings. The first kappa shape index (κ1) is 13.4. The molecule has 1 saturated heterocycles. The lowest BCUT2D eigenvalue weighted by Crippen LogP contribution is -2.42. The number of hydrogen-bond acceptors (Lipinski definition) is 4. The van der Waals surface area contributed by atoms with Crippen LogP contribution in [0.2, 0.25) is 0 Å². The van der Waals surface area contributed by atoms with Gasteiger partial charge >= 0.3 is 0 Å². The lowest BCUT2D eigenvalue weighted by Gasteiger charge is -2.35. The first-order valence-electron chi connectivity index (χ1n) is 7.86. The average molecular weight is 297 g/mol. The monoisotopic (exact) mass is 297 g/mol. The summed E-state index contributed by atoms with van der Waals surface area (Å²) in [5.41, 5.74) is 2.76. The van der Waals surface area contributed by atoms with Gasteiger partial charge in [0.1, 0.15) is 11.5 Å². The molecule has 0 saturated carbocycles. The van der Waals surface area contributed by atoms with Crippen LogP contribution in [0.25, 0.3) is 0 Å². The van der Waals surface area contributed by atoms with Crippen LogP contribution < -0.4 is 0 Å². The number of aryl methyl sites for hydroxylation is 2. The van der Waals surface area contributed by atoms with Crippen molar-refractivity contribution in [2.75, 3.05) is 0 Å². The van der Waals surface area contributed by atoms with E-state index < -0.39 is 0 Å². The fourth-order valence-electron chi connectivity index (χ4n) is 3.67. The minimum absolute atomic E-state index is 0.0333. The maximum atomic E-state index is 12.9. The third kappa shape index (κ3) is 1.94. The van der Waals surface area contributed by atoms with Crippen LogP contribution in [0.15, 0.2) is 18.5 Å². The summed E-state index contributed by atoms with van der Waals surface area (Å²) in [6.45, 7) is 4.70. The van der Waals surface area contributed by atoms with Crippen LogP contribution >= 0.6 is 0 Å². The van der Waals surface area contributed by atoms with Crippen LogP contribution in [0.5, 0.6) is 0 Å². The van der Waals surface area contributed by atoms with Gasteiger partial charge in [0.15, 0.2) is 0 Å². The van der Waals surface area contributed by atoms with Gasteiger partial charge in [0.2, 0.25) is 0 Å². The Balaban J connectivity index is 1.69. The molecule has 2 atom stereocenters. The molecular formula is C16H19N5O. The Bertz CT molecular complexity index is 738. The van der Waals surface area contributed by atoms with E-state index in [4.69, 9.17) is 0 Å². The second kappa shape index (κ2) is 4.90. The van der Waals surface area contributed by atoms with Crippen molar-refractivity contribution in [3.63, 3.8) is 0 Å². The molecule has 114 valence electrons. The van der Waals surface area contributed by atoms with E-state index in [2.05, 4.69) is 15.1 Å². The minimum Gasteiger partial charge on any atom is -0.327 e. The molecule has 0 aromatic carbocycles. The van der Waals surface area contributed by atoms with E-state index in [1.807, 2.05) is 37.2 Å². The Morgan fingerprint density at radius 2 is 2.27 bits per heavy atom. The lowest BCUT2D eigenvalue weighted by molar-refractivity contribution is 0.0636. The fraction of sp³-hybridized carbons (Fsp3) is 0.500. The largest absolute Gasteiger partial charge is 0.327 e. The number of nitrogens with zero attached hydrogens (tertiary/aromatic N) is 5. The molecule has 2 unspecified atom stereocenters. The number of hydrogen-bond donors (Lipinski definition) is 0. The van der Waals surface area contributed by atoms with E-state index in [9.17, 15) is 4.79 Å². The molecule has 0 aliphatic carbocycles. The maximum absolute atomic E-state index is 12.9. The van der Waals surface area contributed by atoms with Gasteiger partial charge in [-0.25, -0.2) is 9.97 Å². The molecule has 1 amide bonds. The summed E-state index contributed by atoms with van der Waals surface area (Å²) in [6, 6.07) is 2.16. The predicted octanol–water partition coefficient (Wildman–Crippen LogP) is 1.90. The molecule has 4 rings (SSSR count). The van der Waals surface area contributed by atoms with Crippen LogP contribution in [0.4, 0.5) is 0 Å². The van der Waals surface area contributed by atoms with E-state index in [1.54, 1.807) is 4.68 Å². The highest BCUT2D eigenvalue weighted by Crippen LogP contribution is 2.43. The van der Waals surface area contributed by atoms with Crippen molar-refractivity contribution < 1.29 is 4.79 Å². The predicted molar refractivity (Wildman–Crippen MR) is 80.3 cm³/mol. The van der Waals surface area contributed by atoms with Crippen LogP contribution in [0, 0.1) is 6.92 Å². The van der Waals surface area contributed by atoms with Gasteiger partial charge in [-0.05, 0) is 32.8 Å². The SMILES string of the molecule is CCn1ccc(C(=O)N2C3CCC2c2cnc(C)nc2C3)n1. The quantitative estimate of drug-likeness (QED) is 0.849. The normalized spacial score (nSPS) is 22.7. The standard InChI is InChI=1S/C16H19N5O/c1-3-20-7-6-13(19-20)16(22)21-11-4-5-15(21)12-9-17-10(2)18-14(12)8-11/h6-7,9,11,15H,3-5,8H2,1-2H3. The summed E-state index contributed by atoms with van der Waals surface area (Å²) < 4.78 is 1.79. The highest BCUT2D eigenvalue weighted by atomic mass is 16.2. The fourth-order valence-corrected chi connectivity index (χ4v) is 3.67. The first-order valence-corrected chi connectivity index (χ1v) is 7.86. The first-order chi connectivity index (χ1) is 10.7. The van der Waals surface area contributed by atoms with Gasteiger partial charge in [-0.2, -0.15) is 5.10 Å². The molecule has 6 nitrogen and oxygen atoms in total. The van der Waals surface area contributed by atoms with Crippen LogP contribution in [-0.2, 0) is 13.0 Å². The number of amides is 1. The number of carbonyl (C=O) groups is 1. The van der Waals surface area contributed by atoms with Crippen LogP contribution in [0.3, 0.4) is 0 Å². The van der Waals surface area contributed by atoms with Crippen molar-refractivity contribution in [2.45, 2.75) is 51.7 Å². The zero-order valence-corrected chi connectivity index (χ0v) is 12.9. The van der Waals surface area contributed by atoms with E-state index in [0.29, 0.717) is 5.69 Å². The molecule has 0 radical (unpaired) electrons. The van der Waals surface area contributed by atoms with Crippen molar-refractivity contribution in [3.05, 3.63) is 41.2 Å². The van der Waals surface area contributed by atoms with Crippen molar-refractivity contribution in [2.24, 2.45) is 0 Å². The van der Waals surface area contributed by atoms with Gasteiger partial charge in [-0.1, -0.05) is 0 Å². The third-order valence-corrected chi connectivity index (χ3v) is 4.73. The van der Waals surface area contributed by atoms with Crippen molar-refractivity contribution >= 4 is 5.91 Å². The van der Waals surface area contributed by atoms with Crippen LogP contribution in [-0.4, -0.2) is 36.6 Å². The molecule has 22 heavy (non-hydrogen) atoms. The Kier molecular flexibility index (Phi) is 2.99. The van der Waals surface area contributed by atoms with Crippen molar-refractivity contribution in [1.82, 2.24) is 24.6 Å². The Hall–Kier alpha value is -2.24. The molecule has 2 aromatic heterocycles. The maximum Gasteiger partial charge on any atom is 0.275 e. The van der Waals surface area contributed by atoms with Gasteiger partial charge in [0.25, 0.3) is 5.91 Å². The summed E-state index contributed by atoms with van der Waals surface area (Å²) in [4.78, 5) is 23.8. The number of carbonyl (C=O) groups excluding carboxylic acids is 1. The third-order valence-electron chi connectivity index (χ3n) is 4.73. The number of fused-ring (bicyclic) bond motifs is 4. The summed E-state index contributed by atoms with van der Waals surface area (Å²) >= 11 is 0. The highest BCUT2D eigenvalue weighted by Gasteiger charge is 2.44. The molecule has 2 aliphatic rings. The molecule has 1 fully saturated rings. The van der Waals surface area contributed by atoms with E-state index >= 15 is 0 Å². The van der Waals surface area contributed by atoms with E-state index in [-0.39, 0.29) is 18.0 Å². The lowest BCUT2D eigenvalue weighted by atomic mass is 9.99. The van der Waals surface area contributed by atoms with Gasteiger partial charge in [-0.15, -0.1) is 0 Å². The molecule has 2 aliphatic heterocycles. The topological polar surface area (TPSA) is 63.9 Å². The summed E-state index contributed by atoms with van der Waals surface area (Å²) in [5.74, 6) is 0.838. The Morgan fingerprint density at radius 3 is 3.05 bits per heavy atom. The summed E-state index contributed by atoms with van der Waals surface area (Å²) in [5, 5.41) is 4.36. The van der Waals surface area contributed by atoms with E-state index in [0.717, 1.165) is 42.9 Å².